The van der Waals surface area contributed by atoms with Crippen molar-refractivity contribution in [1.82, 2.24) is 4.31 Å². The van der Waals surface area contributed by atoms with Crippen LogP contribution in [-0.2, 0) is 48.1 Å². The summed E-state index contributed by atoms with van der Waals surface area (Å²) in [5.74, 6) is -9.12. The zero-order valence-corrected chi connectivity index (χ0v) is 29.5. The van der Waals surface area contributed by atoms with Crippen LogP contribution in [0.15, 0.2) is 89.8 Å². The van der Waals surface area contributed by atoms with Crippen molar-refractivity contribution in [3.8, 4) is 0 Å². The zero-order valence-electron chi connectivity index (χ0n) is 28.7. The summed E-state index contributed by atoms with van der Waals surface area (Å²) < 4.78 is 52.2. The molecule has 0 aliphatic carbocycles. The second-order valence-electron chi connectivity index (χ2n) is 12.0. The maximum absolute atomic E-state index is 15.4. The van der Waals surface area contributed by atoms with Crippen LogP contribution in [0, 0.1) is 12.8 Å². The van der Waals surface area contributed by atoms with Crippen molar-refractivity contribution in [2.75, 3.05) is 47.4 Å². The predicted molar refractivity (Wildman–Crippen MR) is 184 cm³/mol. The molecule has 2 atom stereocenters. The number of nitrogens with zero attached hydrogens (tertiary/aromatic N) is 2. The fourth-order valence-corrected chi connectivity index (χ4v) is 8.71. The molecule has 0 saturated heterocycles. The van der Waals surface area contributed by atoms with Gasteiger partial charge >= 0.3 is 23.9 Å². The number of hydrogen-bond donors (Lipinski definition) is 0. The lowest BCUT2D eigenvalue weighted by Crippen LogP contribution is -2.70. The number of aryl methyl sites for hydroxylation is 1. The standard InChI is InChI=1S/C37H38N2O10S/c1-22-15-18-25(19-16-22)50(44,45)39-32(27-14-10-12-23-11-8-9-13-26(23)27)28-20-17-24(38(2)3)21-29(28)31(30(33(40)46-4)34(41)47-5)37(39,35(42)48-6)36(43)49-7/h8-21,30-32H,1-7H3/t31-,32+/m0/s1. The van der Waals surface area contributed by atoms with Gasteiger partial charge in [-0.15, -0.1) is 0 Å². The molecule has 1 heterocycles. The second kappa shape index (κ2) is 13.9. The summed E-state index contributed by atoms with van der Waals surface area (Å²) in [6.07, 6.45) is 0. The van der Waals surface area contributed by atoms with E-state index in [1.165, 1.54) is 12.1 Å². The van der Waals surface area contributed by atoms with Gasteiger partial charge in [-0.05, 0) is 58.7 Å². The van der Waals surface area contributed by atoms with Crippen LogP contribution < -0.4 is 4.90 Å². The van der Waals surface area contributed by atoms with Crippen LogP contribution in [0.25, 0.3) is 10.8 Å². The maximum atomic E-state index is 15.4. The monoisotopic (exact) mass is 702 g/mol. The second-order valence-corrected chi connectivity index (χ2v) is 13.9. The quantitative estimate of drug-likeness (QED) is 0.141. The van der Waals surface area contributed by atoms with Gasteiger partial charge in [-0.3, -0.25) is 9.59 Å². The first-order chi connectivity index (χ1) is 23.8. The van der Waals surface area contributed by atoms with Crippen molar-refractivity contribution in [3.63, 3.8) is 0 Å². The summed E-state index contributed by atoms with van der Waals surface area (Å²) >= 11 is 0. The molecule has 12 nitrogen and oxygen atoms in total. The topological polar surface area (TPSA) is 146 Å². The highest BCUT2D eigenvalue weighted by molar-refractivity contribution is 7.89. The molecule has 13 heteroatoms. The third kappa shape index (κ3) is 5.65. The van der Waals surface area contributed by atoms with E-state index in [1.54, 1.807) is 80.5 Å². The summed E-state index contributed by atoms with van der Waals surface area (Å²) in [5.41, 5.74) is -0.927. The molecule has 5 rings (SSSR count). The SMILES string of the molecule is COC(=O)C(C(=O)OC)[C@@H]1c2cc(N(C)C)ccc2[C@@H](c2cccc3ccccc23)N(S(=O)(=O)c2ccc(C)cc2)C1(C(=O)OC)C(=O)OC. The Morgan fingerprint density at radius 1 is 0.720 bits per heavy atom. The van der Waals surface area contributed by atoms with E-state index in [2.05, 4.69) is 0 Å². The van der Waals surface area contributed by atoms with Gasteiger partial charge in [-0.25, -0.2) is 18.0 Å². The first-order valence-corrected chi connectivity index (χ1v) is 17.0. The van der Waals surface area contributed by atoms with Gasteiger partial charge in [0.2, 0.25) is 15.6 Å². The number of ether oxygens (including phenoxy) is 4. The third-order valence-corrected chi connectivity index (χ3v) is 11.1. The van der Waals surface area contributed by atoms with E-state index in [1.807, 2.05) is 18.2 Å². The Hall–Kier alpha value is -5.27. The number of rotatable bonds is 9. The molecule has 0 unspecified atom stereocenters. The molecule has 1 aliphatic heterocycles. The highest BCUT2D eigenvalue weighted by Crippen LogP contribution is 2.56. The normalized spacial score (nSPS) is 17.0. The van der Waals surface area contributed by atoms with Gasteiger partial charge < -0.3 is 23.8 Å². The van der Waals surface area contributed by atoms with Crippen molar-refractivity contribution in [2.45, 2.75) is 29.3 Å². The average Bonchev–Trinajstić information content (AvgIpc) is 3.13. The first-order valence-electron chi connectivity index (χ1n) is 15.5. The van der Waals surface area contributed by atoms with Crippen molar-refractivity contribution in [3.05, 3.63) is 107 Å². The molecule has 4 aromatic rings. The Morgan fingerprint density at radius 2 is 1.30 bits per heavy atom. The number of sulfonamides is 1. The van der Waals surface area contributed by atoms with Gasteiger partial charge in [0.1, 0.15) is 0 Å². The number of esters is 4. The predicted octanol–water partition coefficient (Wildman–Crippen LogP) is 4.14. The Kier molecular flexibility index (Phi) is 10.0. The molecule has 0 saturated carbocycles. The summed E-state index contributed by atoms with van der Waals surface area (Å²) in [7, 11) is 2.56. The lowest BCUT2D eigenvalue weighted by Gasteiger charge is -2.52. The Bertz CT molecular complexity index is 2040. The third-order valence-electron chi connectivity index (χ3n) is 9.18. The smallest absolute Gasteiger partial charge is 0.339 e. The van der Waals surface area contributed by atoms with Crippen LogP contribution >= 0.6 is 0 Å². The minimum Gasteiger partial charge on any atom is -0.468 e. The molecule has 1 aliphatic rings. The van der Waals surface area contributed by atoms with Crippen molar-refractivity contribution in [2.24, 2.45) is 5.92 Å². The number of benzene rings is 4. The fourth-order valence-electron chi connectivity index (χ4n) is 6.86. The molecule has 0 radical (unpaired) electrons. The van der Waals surface area contributed by atoms with Gasteiger partial charge in [-0.2, -0.15) is 4.31 Å². The lowest BCUT2D eigenvalue weighted by atomic mass is 9.65. The molecule has 0 fully saturated rings. The molecule has 0 bridgehead atoms. The van der Waals surface area contributed by atoms with Crippen molar-refractivity contribution in [1.29, 1.82) is 0 Å². The van der Waals surface area contributed by atoms with Gasteiger partial charge in [0.25, 0.3) is 0 Å². The van der Waals surface area contributed by atoms with Crippen molar-refractivity contribution < 1.29 is 46.5 Å². The minimum absolute atomic E-state index is 0.126. The van der Waals surface area contributed by atoms with E-state index in [-0.39, 0.29) is 16.0 Å². The minimum atomic E-state index is -4.95. The van der Waals surface area contributed by atoms with Gasteiger partial charge in [0.15, 0.2) is 5.92 Å². The lowest BCUT2D eigenvalue weighted by molar-refractivity contribution is -0.177. The van der Waals surface area contributed by atoms with E-state index >= 15 is 8.42 Å². The van der Waals surface area contributed by atoms with E-state index < -0.39 is 57.3 Å². The number of fused-ring (bicyclic) bond motifs is 2. The molecule has 0 amide bonds. The number of hydrogen-bond acceptors (Lipinski definition) is 11. The van der Waals surface area contributed by atoms with Crippen LogP contribution in [-0.4, -0.2) is 84.7 Å². The molecule has 0 spiro atoms. The molecular formula is C37H38N2O10S. The largest absolute Gasteiger partial charge is 0.468 e. The molecule has 0 aromatic heterocycles. The zero-order chi connectivity index (χ0) is 36.5. The molecular weight excluding hydrogens is 664 g/mol. The summed E-state index contributed by atoms with van der Waals surface area (Å²) in [4.78, 5) is 58.3. The van der Waals surface area contributed by atoms with Crippen LogP contribution in [0.1, 0.15) is 34.2 Å². The van der Waals surface area contributed by atoms with Crippen LogP contribution in [0.4, 0.5) is 5.69 Å². The summed E-state index contributed by atoms with van der Waals surface area (Å²) in [6, 6.07) is 22.0. The van der Waals surface area contributed by atoms with Gasteiger partial charge in [0.05, 0.1) is 39.4 Å². The molecule has 4 aromatic carbocycles. The number of methoxy groups -OCH3 is 4. The number of carbonyl (C=O) groups is 4. The fraction of sp³-hybridized carbons (Fsp3) is 0.297. The number of carbonyl (C=O) groups excluding carboxylic acids is 4. The molecule has 0 N–H and O–H groups in total. The highest BCUT2D eigenvalue weighted by atomic mass is 32.2. The Balaban J connectivity index is 2.11. The van der Waals surface area contributed by atoms with Crippen LogP contribution in [0.5, 0.6) is 0 Å². The average molecular weight is 703 g/mol. The van der Waals surface area contributed by atoms with Crippen LogP contribution in [0.3, 0.4) is 0 Å². The molecule has 262 valence electrons. The first kappa shape index (κ1) is 36.0. The van der Waals surface area contributed by atoms with E-state index in [0.29, 0.717) is 16.6 Å². The molecule has 50 heavy (non-hydrogen) atoms. The Labute approximate surface area is 290 Å². The van der Waals surface area contributed by atoms with Gasteiger partial charge in [-0.1, -0.05) is 66.2 Å². The van der Waals surface area contributed by atoms with Gasteiger partial charge in [0, 0.05) is 25.7 Å². The van der Waals surface area contributed by atoms with Crippen LogP contribution in [0.2, 0.25) is 0 Å². The number of anilines is 1. The summed E-state index contributed by atoms with van der Waals surface area (Å²) in [5, 5.41) is 1.36. The summed E-state index contributed by atoms with van der Waals surface area (Å²) in [6.45, 7) is 1.77. The van der Waals surface area contributed by atoms with Crippen molar-refractivity contribution >= 4 is 50.4 Å². The van der Waals surface area contributed by atoms with E-state index in [9.17, 15) is 19.2 Å². The highest BCUT2D eigenvalue weighted by Gasteiger charge is 2.71. The van der Waals surface area contributed by atoms with E-state index in [0.717, 1.165) is 43.7 Å². The van der Waals surface area contributed by atoms with E-state index in [4.69, 9.17) is 18.9 Å². The Morgan fingerprint density at radius 3 is 1.86 bits per heavy atom. The maximum Gasteiger partial charge on any atom is 0.339 e.